The Kier molecular flexibility index (Phi) is 8.99. The molecule has 8 nitrogen and oxygen atoms in total. The minimum atomic E-state index is -0.598. The molecule has 2 rings (SSSR count). The van der Waals surface area contributed by atoms with Gasteiger partial charge < -0.3 is 30.6 Å². The van der Waals surface area contributed by atoms with E-state index < -0.39 is 11.7 Å². The zero-order valence-electron chi connectivity index (χ0n) is 20.4. The van der Waals surface area contributed by atoms with Crippen LogP contribution in [0.5, 0.6) is 11.5 Å². The Balaban J connectivity index is 2.04. The van der Waals surface area contributed by atoms with E-state index in [1.165, 1.54) is 11.3 Å². The first-order valence-electron chi connectivity index (χ1n) is 10.8. The number of methoxy groups -OCH3 is 2. The van der Waals surface area contributed by atoms with Crippen LogP contribution in [0.25, 0.3) is 0 Å². The van der Waals surface area contributed by atoms with E-state index in [9.17, 15) is 9.59 Å². The highest BCUT2D eigenvalue weighted by Crippen LogP contribution is 2.33. The standard InChI is InChI=1S/C24H35N3O5S/c1-14(2)20(27-23(29)32-24(3,4)5)19-13-16(21(25)33-19)22(28)26-11-10-15-8-9-17(30-6)18(12-15)31-7/h8-9,12-14,20H,10-11,25H2,1-7H3,(H,26,28)(H,27,29)/t20-/m0/s1. The van der Waals surface area contributed by atoms with Gasteiger partial charge in [0.25, 0.3) is 5.91 Å². The van der Waals surface area contributed by atoms with Crippen molar-refractivity contribution in [2.75, 3.05) is 26.5 Å². The van der Waals surface area contributed by atoms with Crippen molar-refractivity contribution in [1.29, 1.82) is 0 Å². The molecule has 182 valence electrons. The number of hydrogen-bond acceptors (Lipinski definition) is 7. The summed E-state index contributed by atoms with van der Waals surface area (Å²) in [4.78, 5) is 25.8. The second kappa shape index (κ2) is 11.3. The van der Waals surface area contributed by atoms with Crippen molar-refractivity contribution in [3.8, 4) is 11.5 Å². The first-order chi connectivity index (χ1) is 15.4. The Morgan fingerprint density at radius 2 is 1.76 bits per heavy atom. The van der Waals surface area contributed by atoms with E-state index in [0.29, 0.717) is 35.0 Å². The van der Waals surface area contributed by atoms with E-state index in [0.717, 1.165) is 10.4 Å². The van der Waals surface area contributed by atoms with Gasteiger partial charge in [0.2, 0.25) is 0 Å². The van der Waals surface area contributed by atoms with Crippen molar-refractivity contribution in [2.45, 2.75) is 52.7 Å². The molecule has 0 bridgehead atoms. The van der Waals surface area contributed by atoms with Crippen LogP contribution in [0, 0.1) is 5.92 Å². The Morgan fingerprint density at radius 1 is 1.09 bits per heavy atom. The van der Waals surface area contributed by atoms with E-state index in [1.807, 2.05) is 52.8 Å². The molecule has 0 fully saturated rings. The number of amides is 2. The SMILES string of the molecule is COc1ccc(CCNC(=O)c2cc([C@@H](NC(=O)OC(C)(C)C)C(C)C)sc2N)cc1OC. The van der Waals surface area contributed by atoms with Crippen LogP contribution >= 0.6 is 11.3 Å². The van der Waals surface area contributed by atoms with Gasteiger partial charge in [-0.2, -0.15) is 0 Å². The predicted octanol–water partition coefficient (Wildman–Crippen LogP) is 4.54. The van der Waals surface area contributed by atoms with Gasteiger partial charge in [-0.3, -0.25) is 4.79 Å². The molecule has 2 aromatic rings. The van der Waals surface area contributed by atoms with Crippen molar-refractivity contribution in [1.82, 2.24) is 10.6 Å². The number of anilines is 1. The number of ether oxygens (including phenoxy) is 3. The molecule has 1 aromatic heterocycles. The highest BCUT2D eigenvalue weighted by Gasteiger charge is 2.26. The van der Waals surface area contributed by atoms with Crippen LogP contribution in [0.4, 0.5) is 9.80 Å². The fourth-order valence-electron chi connectivity index (χ4n) is 3.21. The quantitative estimate of drug-likeness (QED) is 0.489. The molecule has 9 heteroatoms. The number of alkyl carbamates (subject to hydrolysis) is 1. The number of nitrogens with one attached hydrogen (secondary N) is 2. The summed E-state index contributed by atoms with van der Waals surface area (Å²) in [7, 11) is 3.17. The smallest absolute Gasteiger partial charge is 0.408 e. The number of nitrogens with two attached hydrogens (primary N) is 1. The normalized spacial score (nSPS) is 12.2. The molecule has 4 N–H and O–H groups in total. The summed E-state index contributed by atoms with van der Waals surface area (Å²) in [5, 5.41) is 6.21. The lowest BCUT2D eigenvalue weighted by Gasteiger charge is -2.25. The molecular weight excluding hydrogens is 442 g/mol. The Hall–Kier alpha value is -2.94. The van der Waals surface area contributed by atoms with Crippen LogP contribution in [0.2, 0.25) is 0 Å². The fourth-order valence-corrected chi connectivity index (χ4v) is 4.36. The number of nitrogen functional groups attached to an aromatic ring is 1. The first kappa shape index (κ1) is 26.3. The molecule has 2 amide bonds. The van der Waals surface area contributed by atoms with E-state index in [-0.39, 0.29) is 17.9 Å². The molecule has 0 spiro atoms. The summed E-state index contributed by atoms with van der Waals surface area (Å²) >= 11 is 1.29. The van der Waals surface area contributed by atoms with Gasteiger partial charge in [-0.1, -0.05) is 19.9 Å². The summed E-state index contributed by atoms with van der Waals surface area (Å²) in [6.07, 6.45) is 0.117. The zero-order chi connectivity index (χ0) is 24.8. The van der Waals surface area contributed by atoms with Crippen molar-refractivity contribution in [3.05, 3.63) is 40.3 Å². The molecule has 1 aromatic carbocycles. The van der Waals surface area contributed by atoms with Gasteiger partial charge in [0.15, 0.2) is 11.5 Å². The van der Waals surface area contributed by atoms with E-state index in [1.54, 1.807) is 20.3 Å². The molecule has 0 aliphatic heterocycles. The highest BCUT2D eigenvalue weighted by molar-refractivity contribution is 7.16. The maximum absolute atomic E-state index is 12.8. The number of rotatable bonds is 9. The molecule has 0 aliphatic carbocycles. The molecular formula is C24H35N3O5S. The van der Waals surface area contributed by atoms with Crippen molar-refractivity contribution >= 4 is 28.3 Å². The third-order valence-corrected chi connectivity index (χ3v) is 5.86. The Morgan fingerprint density at radius 3 is 2.33 bits per heavy atom. The number of thiophene rings is 1. The topological polar surface area (TPSA) is 112 Å². The van der Waals surface area contributed by atoms with Crippen LogP contribution in [0.1, 0.15) is 61.5 Å². The summed E-state index contributed by atoms with van der Waals surface area (Å²) < 4.78 is 15.9. The third kappa shape index (κ3) is 7.56. The van der Waals surface area contributed by atoms with Gasteiger partial charge in [0.05, 0.1) is 30.8 Å². The van der Waals surface area contributed by atoms with Crippen LogP contribution in [0.3, 0.4) is 0 Å². The summed E-state index contributed by atoms with van der Waals surface area (Å²) in [5.74, 6) is 1.13. The van der Waals surface area contributed by atoms with E-state index in [2.05, 4.69) is 10.6 Å². The monoisotopic (exact) mass is 477 g/mol. The molecule has 33 heavy (non-hydrogen) atoms. The van der Waals surface area contributed by atoms with Crippen molar-refractivity contribution in [3.63, 3.8) is 0 Å². The van der Waals surface area contributed by atoms with Gasteiger partial charge in [-0.25, -0.2) is 4.79 Å². The second-order valence-corrected chi connectivity index (χ2v) is 10.1. The maximum Gasteiger partial charge on any atom is 0.408 e. The largest absolute Gasteiger partial charge is 0.493 e. The highest BCUT2D eigenvalue weighted by atomic mass is 32.1. The minimum absolute atomic E-state index is 0.0801. The number of carbonyl (C=O) groups excluding carboxylic acids is 2. The Labute approximate surface area is 199 Å². The average molecular weight is 478 g/mol. The van der Waals surface area contributed by atoms with E-state index >= 15 is 0 Å². The van der Waals surface area contributed by atoms with Gasteiger partial charge in [0, 0.05) is 11.4 Å². The lowest BCUT2D eigenvalue weighted by molar-refractivity contribution is 0.0490. The number of hydrogen-bond donors (Lipinski definition) is 3. The number of benzene rings is 1. The molecule has 0 saturated heterocycles. The first-order valence-corrected chi connectivity index (χ1v) is 11.6. The number of carbonyl (C=O) groups is 2. The van der Waals surface area contributed by atoms with E-state index in [4.69, 9.17) is 19.9 Å². The predicted molar refractivity (Wildman–Crippen MR) is 131 cm³/mol. The van der Waals surface area contributed by atoms with Crippen molar-refractivity contribution < 1.29 is 23.8 Å². The van der Waals surface area contributed by atoms with Gasteiger partial charge in [0.1, 0.15) is 5.60 Å². The lowest BCUT2D eigenvalue weighted by atomic mass is 10.0. The molecule has 1 atom stereocenters. The van der Waals surface area contributed by atoms with Crippen LogP contribution in [-0.2, 0) is 11.2 Å². The molecule has 0 radical (unpaired) electrons. The summed E-state index contributed by atoms with van der Waals surface area (Å²) in [6.45, 7) is 9.84. The van der Waals surface area contributed by atoms with Crippen LogP contribution in [0.15, 0.2) is 24.3 Å². The summed E-state index contributed by atoms with van der Waals surface area (Å²) in [6, 6.07) is 7.08. The van der Waals surface area contributed by atoms with Crippen LogP contribution < -0.4 is 25.8 Å². The average Bonchev–Trinajstić information content (AvgIpc) is 3.11. The lowest BCUT2D eigenvalue weighted by Crippen LogP contribution is -2.36. The van der Waals surface area contributed by atoms with Gasteiger partial charge >= 0.3 is 6.09 Å². The molecule has 0 aliphatic rings. The molecule has 0 saturated carbocycles. The minimum Gasteiger partial charge on any atom is -0.493 e. The molecule has 1 heterocycles. The summed E-state index contributed by atoms with van der Waals surface area (Å²) in [5.41, 5.74) is 6.96. The zero-order valence-corrected chi connectivity index (χ0v) is 21.2. The fraction of sp³-hybridized carbons (Fsp3) is 0.500. The van der Waals surface area contributed by atoms with Crippen molar-refractivity contribution in [2.24, 2.45) is 5.92 Å². The van der Waals surface area contributed by atoms with Gasteiger partial charge in [-0.05, 0) is 56.9 Å². The second-order valence-electron chi connectivity index (χ2n) is 8.99. The Bertz CT molecular complexity index is 965. The van der Waals surface area contributed by atoms with Gasteiger partial charge in [-0.15, -0.1) is 11.3 Å². The maximum atomic E-state index is 12.8. The third-order valence-electron chi connectivity index (χ3n) is 4.82. The van der Waals surface area contributed by atoms with Crippen LogP contribution in [-0.4, -0.2) is 38.4 Å². The molecule has 0 unspecified atom stereocenters.